The lowest BCUT2D eigenvalue weighted by atomic mass is 10.1. The van der Waals surface area contributed by atoms with E-state index in [0.29, 0.717) is 11.3 Å². The highest BCUT2D eigenvalue weighted by molar-refractivity contribution is 8.00. The van der Waals surface area contributed by atoms with Crippen LogP contribution in [0.2, 0.25) is 0 Å². The quantitative estimate of drug-likeness (QED) is 0.867. The standard InChI is InChI=1S/C13H9F2NOS2/c14-7-1-2-8(9(15)5-7)12-13-10(3-4-18-13)16-11(17)6-19-12/h1-5,12H,6H2,(H,16,17). The van der Waals surface area contributed by atoms with Crippen LogP contribution in [-0.2, 0) is 4.79 Å². The molecule has 0 saturated carbocycles. The van der Waals surface area contributed by atoms with Crippen LogP contribution in [0, 0.1) is 11.6 Å². The summed E-state index contributed by atoms with van der Waals surface area (Å²) in [5.74, 6) is -1.02. The normalized spacial score (nSPS) is 18.6. The van der Waals surface area contributed by atoms with Crippen molar-refractivity contribution in [1.29, 1.82) is 0 Å². The molecular formula is C13H9F2NOS2. The summed E-state index contributed by atoms with van der Waals surface area (Å²) in [5, 5.41) is 4.36. The van der Waals surface area contributed by atoms with Crippen LogP contribution in [0.25, 0.3) is 0 Å². The van der Waals surface area contributed by atoms with Gasteiger partial charge in [-0.05, 0) is 17.5 Å². The van der Waals surface area contributed by atoms with E-state index in [4.69, 9.17) is 0 Å². The molecule has 0 aliphatic carbocycles. The smallest absolute Gasteiger partial charge is 0.234 e. The van der Waals surface area contributed by atoms with Gasteiger partial charge in [-0.1, -0.05) is 6.07 Å². The minimum absolute atomic E-state index is 0.102. The number of anilines is 1. The zero-order valence-electron chi connectivity index (χ0n) is 9.65. The maximum absolute atomic E-state index is 13.9. The molecule has 0 fully saturated rings. The van der Waals surface area contributed by atoms with Gasteiger partial charge in [-0.2, -0.15) is 0 Å². The first-order chi connectivity index (χ1) is 9.15. The van der Waals surface area contributed by atoms with E-state index in [1.807, 2.05) is 5.38 Å². The van der Waals surface area contributed by atoms with E-state index in [1.165, 1.54) is 35.2 Å². The van der Waals surface area contributed by atoms with Crippen molar-refractivity contribution in [2.45, 2.75) is 5.25 Å². The maximum atomic E-state index is 13.9. The number of thiophene rings is 1. The molecule has 3 rings (SSSR count). The fourth-order valence-electron chi connectivity index (χ4n) is 1.99. The highest BCUT2D eigenvalue weighted by atomic mass is 32.2. The van der Waals surface area contributed by atoms with Crippen LogP contribution in [0.4, 0.5) is 14.5 Å². The maximum Gasteiger partial charge on any atom is 0.234 e. The van der Waals surface area contributed by atoms with Gasteiger partial charge in [0.1, 0.15) is 11.6 Å². The molecule has 0 saturated heterocycles. The third-order valence-electron chi connectivity index (χ3n) is 2.83. The van der Waals surface area contributed by atoms with Gasteiger partial charge in [-0.25, -0.2) is 8.78 Å². The summed E-state index contributed by atoms with van der Waals surface area (Å²) in [7, 11) is 0. The Bertz CT molecular complexity index is 641. The van der Waals surface area contributed by atoms with E-state index in [0.717, 1.165) is 10.9 Å². The Balaban J connectivity index is 2.08. The number of hydrogen-bond donors (Lipinski definition) is 1. The Labute approximate surface area is 116 Å². The molecule has 1 aromatic heterocycles. The third kappa shape index (κ3) is 2.37. The summed E-state index contributed by atoms with van der Waals surface area (Å²) in [6.07, 6.45) is 0. The number of amides is 1. The highest BCUT2D eigenvalue weighted by Crippen LogP contribution is 2.44. The topological polar surface area (TPSA) is 29.1 Å². The molecule has 2 nitrogen and oxygen atoms in total. The van der Waals surface area contributed by atoms with E-state index >= 15 is 0 Å². The van der Waals surface area contributed by atoms with E-state index in [2.05, 4.69) is 5.32 Å². The summed E-state index contributed by atoms with van der Waals surface area (Å²) in [6.45, 7) is 0. The van der Waals surface area contributed by atoms with Gasteiger partial charge in [0.05, 0.1) is 16.7 Å². The van der Waals surface area contributed by atoms with Gasteiger partial charge >= 0.3 is 0 Å². The van der Waals surface area contributed by atoms with Crippen molar-refractivity contribution in [1.82, 2.24) is 0 Å². The number of nitrogens with one attached hydrogen (secondary N) is 1. The van der Waals surface area contributed by atoms with E-state index in [-0.39, 0.29) is 16.9 Å². The molecule has 1 unspecified atom stereocenters. The van der Waals surface area contributed by atoms with Crippen LogP contribution in [0.1, 0.15) is 15.7 Å². The van der Waals surface area contributed by atoms with Gasteiger partial charge in [-0.3, -0.25) is 4.79 Å². The summed E-state index contributed by atoms with van der Waals surface area (Å²) >= 11 is 2.81. The summed E-state index contributed by atoms with van der Waals surface area (Å²) in [4.78, 5) is 12.5. The number of benzene rings is 1. The number of carbonyl (C=O) groups excluding carboxylic acids is 1. The number of rotatable bonds is 1. The third-order valence-corrected chi connectivity index (χ3v) is 5.22. The lowest BCUT2D eigenvalue weighted by molar-refractivity contribution is -0.113. The van der Waals surface area contributed by atoms with Crippen LogP contribution in [0.5, 0.6) is 0 Å². The number of thioether (sulfide) groups is 1. The van der Waals surface area contributed by atoms with Gasteiger partial charge < -0.3 is 5.32 Å². The van der Waals surface area contributed by atoms with Crippen LogP contribution in [-0.4, -0.2) is 11.7 Å². The number of halogens is 2. The second-order valence-electron chi connectivity index (χ2n) is 4.10. The molecule has 1 amide bonds. The van der Waals surface area contributed by atoms with Gasteiger partial charge in [0.25, 0.3) is 0 Å². The van der Waals surface area contributed by atoms with E-state index in [1.54, 1.807) is 6.07 Å². The SMILES string of the molecule is O=C1CSC(c2ccc(F)cc2F)c2sccc2N1. The van der Waals surface area contributed by atoms with Crippen molar-refractivity contribution in [2.75, 3.05) is 11.1 Å². The average Bonchev–Trinajstić information content (AvgIpc) is 2.74. The molecule has 2 aromatic rings. The van der Waals surface area contributed by atoms with Gasteiger partial charge in [-0.15, -0.1) is 23.1 Å². The Morgan fingerprint density at radius 2 is 2.11 bits per heavy atom. The second-order valence-corrected chi connectivity index (χ2v) is 6.14. The van der Waals surface area contributed by atoms with Crippen LogP contribution < -0.4 is 5.32 Å². The zero-order valence-corrected chi connectivity index (χ0v) is 11.3. The molecule has 0 radical (unpaired) electrons. The number of carbonyl (C=O) groups is 1. The summed E-state index contributed by atoms with van der Waals surface area (Å²) in [5.41, 5.74) is 1.13. The molecule has 6 heteroatoms. The Morgan fingerprint density at radius 3 is 2.89 bits per heavy atom. The van der Waals surface area contributed by atoms with Crippen LogP contribution >= 0.6 is 23.1 Å². The molecule has 2 heterocycles. The van der Waals surface area contributed by atoms with Crippen molar-refractivity contribution in [3.8, 4) is 0 Å². The minimum Gasteiger partial charge on any atom is -0.324 e. The molecule has 1 aliphatic heterocycles. The van der Waals surface area contributed by atoms with Crippen molar-refractivity contribution in [3.05, 3.63) is 51.7 Å². The largest absolute Gasteiger partial charge is 0.324 e. The summed E-state index contributed by atoms with van der Waals surface area (Å²) in [6, 6.07) is 5.37. The minimum atomic E-state index is -0.597. The predicted molar refractivity (Wildman–Crippen MR) is 73.6 cm³/mol. The van der Waals surface area contributed by atoms with E-state index in [9.17, 15) is 13.6 Å². The molecule has 0 spiro atoms. The van der Waals surface area contributed by atoms with Crippen molar-refractivity contribution >= 4 is 34.7 Å². The zero-order chi connectivity index (χ0) is 13.4. The fourth-order valence-corrected chi connectivity index (χ4v) is 4.25. The Hall–Kier alpha value is -1.40. The van der Waals surface area contributed by atoms with Crippen molar-refractivity contribution < 1.29 is 13.6 Å². The first kappa shape index (κ1) is 12.6. The molecule has 1 aromatic carbocycles. The Kier molecular flexibility index (Phi) is 3.28. The molecule has 0 bridgehead atoms. The predicted octanol–water partition coefficient (Wildman–Crippen LogP) is 3.80. The van der Waals surface area contributed by atoms with Crippen LogP contribution in [0.3, 0.4) is 0 Å². The molecule has 1 atom stereocenters. The second kappa shape index (κ2) is 4.94. The monoisotopic (exact) mass is 297 g/mol. The lowest BCUT2D eigenvalue weighted by Crippen LogP contribution is -2.11. The molecule has 1 N–H and O–H groups in total. The highest BCUT2D eigenvalue weighted by Gasteiger charge is 2.27. The van der Waals surface area contributed by atoms with Gasteiger partial charge in [0.2, 0.25) is 5.91 Å². The first-order valence-corrected chi connectivity index (χ1v) is 7.52. The van der Waals surface area contributed by atoms with Gasteiger partial charge in [0.15, 0.2) is 0 Å². The average molecular weight is 297 g/mol. The first-order valence-electron chi connectivity index (χ1n) is 5.59. The van der Waals surface area contributed by atoms with Gasteiger partial charge in [0, 0.05) is 16.5 Å². The van der Waals surface area contributed by atoms with Crippen molar-refractivity contribution in [3.63, 3.8) is 0 Å². The molecule has 98 valence electrons. The number of hydrogen-bond acceptors (Lipinski definition) is 3. The summed E-state index contributed by atoms with van der Waals surface area (Å²) < 4.78 is 26.9. The molecular weight excluding hydrogens is 288 g/mol. The molecule has 19 heavy (non-hydrogen) atoms. The molecule has 1 aliphatic rings. The van der Waals surface area contributed by atoms with Crippen LogP contribution in [0.15, 0.2) is 29.6 Å². The fraction of sp³-hybridized carbons (Fsp3) is 0.154. The van der Waals surface area contributed by atoms with Crippen molar-refractivity contribution in [2.24, 2.45) is 0 Å². The lowest BCUT2D eigenvalue weighted by Gasteiger charge is -2.14. The number of fused-ring (bicyclic) bond motifs is 1. The van der Waals surface area contributed by atoms with E-state index < -0.39 is 11.6 Å². The Morgan fingerprint density at radius 1 is 1.26 bits per heavy atom.